The van der Waals surface area contributed by atoms with Crippen LogP contribution in [0, 0.1) is 13.8 Å². The van der Waals surface area contributed by atoms with E-state index in [-0.39, 0.29) is 5.91 Å². The zero-order chi connectivity index (χ0) is 19.7. The van der Waals surface area contributed by atoms with Crippen LogP contribution in [0.5, 0.6) is 0 Å². The quantitative estimate of drug-likeness (QED) is 0.482. The van der Waals surface area contributed by atoms with Gasteiger partial charge in [0.15, 0.2) is 0 Å². The van der Waals surface area contributed by atoms with Gasteiger partial charge < -0.3 is 5.32 Å². The van der Waals surface area contributed by atoms with E-state index >= 15 is 0 Å². The number of nitrogens with one attached hydrogen (secondary N) is 1. The first kappa shape index (κ1) is 18.1. The van der Waals surface area contributed by atoms with Crippen molar-refractivity contribution in [3.05, 3.63) is 88.6 Å². The van der Waals surface area contributed by atoms with Crippen molar-refractivity contribution in [1.29, 1.82) is 0 Å². The molecule has 2 aromatic carbocycles. The normalized spacial score (nSPS) is 10.8. The maximum atomic E-state index is 13.2. The second kappa shape index (κ2) is 7.41. The van der Waals surface area contributed by atoms with Crippen LogP contribution in [0.25, 0.3) is 22.2 Å². The molecule has 4 rings (SSSR count). The Labute approximate surface area is 168 Å². The fourth-order valence-electron chi connectivity index (χ4n) is 3.21. The molecule has 1 amide bonds. The van der Waals surface area contributed by atoms with Gasteiger partial charge in [-0.15, -0.1) is 0 Å². The Morgan fingerprint density at radius 3 is 2.43 bits per heavy atom. The molecule has 5 heteroatoms. The molecule has 2 aromatic heterocycles. The standard InChI is InChI=1S/C23H18ClN3O/c1-14-7-12-20(25-13-14)27-23(28)21-15(2)22(16-8-10-17(24)11-9-16)26-19-6-4-3-5-18(19)21/h3-13H,1-2H3,(H,25,27,28). The molecule has 0 spiro atoms. The zero-order valence-electron chi connectivity index (χ0n) is 15.5. The number of halogens is 1. The highest BCUT2D eigenvalue weighted by Gasteiger charge is 2.19. The minimum atomic E-state index is -0.206. The second-order valence-corrected chi connectivity index (χ2v) is 7.10. The zero-order valence-corrected chi connectivity index (χ0v) is 16.3. The first-order valence-electron chi connectivity index (χ1n) is 8.92. The number of anilines is 1. The molecule has 0 aliphatic rings. The third-order valence-corrected chi connectivity index (χ3v) is 4.89. The van der Waals surface area contributed by atoms with E-state index in [9.17, 15) is 4.79 Å². The van der Waals surface area contributed by atoms with Gasteiger partial charge in [0.1, 0.15) is 5.82 Å². The van der Waals surface area contributed by atoms with Crippen LogP contribution < -0.4 is 5.32 Å². The van der Waals surface area contributed by atoms with E-state index in [0.29, 0.717) is 16.4 Å². The highest BCUT2D eigenvalue weighted by Crippen LogP contribution is 2.30. The third kappa shape index (κ3) is 3.47. The molecule has 2 heterocycles. The number of fused-ring (bicyclic) bond motifs is 1. The Morgan fingerprint density at radius 1 is 0.964 bits per heavy atom. The van der Waals surface area contributed by atoms with Crippen LogP contribution in [-0.4, -0.2) is 15.9 Å². The van der Waals surface area contributed by atoms with Crippen molar-refractivity contribution < 1.29 is 4.79 Å². The van der Waals surface area contributed by atoms with Gasteiger partial charge in [-0.1, -0.05) is 48.0 Å². The van der Waals surface area contributed by atoms with Crippen molar-refractivity contribution in [3.63, 3.8) is 0 Å². The lowest BCUT2D eigenvalue weighted by Crippen LogP contribution is -2.16. The fraction of sp³-hybridized carbons (Fsp3) is 0.0870. The van der Waals surface area contributed by atoms with Crippen LogP contribution in [0.15, 0.2) is 66.9 Å². The second-order valence-electron chi connectivity index (χ2n) is 6.66. The highest BCUT2D eigenvalue weighted by molar-refractivity contribution is 6.30. The number of benzene rings is 2. The predicted octanol–water partition coefficient (Wildman–Crippen LogP) is 5.82. The van der Waals surface area contributed by atoms with Crippen LogP contribution >= 0.6 is 11.6 Å². The lowest BCUT2D eigenvalue weighted by molar-refractivity contribution is 0.102. The SMILES string of the molecule is Cc1ccc(NC(=O)c2c(C)c(-c3ccc(Cl)cc3)nc3ccccc23)nc1. The summed E-state index contributed by atoms with van der Waals surface area (Å²) < 4.78 is 0. The van der Waals surface area contributed by atoms with Gasteiger partial charge in [0.05, 0.1) is 16.8 Å². The van der Waals surface area contributed by atoms with Crippen LogP contribution in [0.4, 0.5) is 5.82 Å². The number of aryl methyl sites for hydroxylation is 1. The van der Waals surface area contributed by atoms with Gasteiger partial charge in [0.25, 0.3) is 5.91 Å². The van der Waals surface area contributed by atoms with Crippen LogP contribution in [0.1, 0.15) is 21.5 Å². The van der Waals surface area contributed by atoms with E-state index in [1.165, 1.54) is 0 Å². The summed E-state index contributed by atoms with van der Waals surface area (Å²) in [6.45, 7) is 3.87. The molecule has 0 aliphatic heterocycles. The number of hydrogen-bond donors (Lipinski definition) is 1. The molecule has 1 N–H and O–H groups in total. The summed E-state index contributed by atoms with van der Waals surface area (Å²) in [4.78, 5) is 22.3. The first-order chi connectivity index (χ1) is 13.5. The first-order valence-corrected chi connectivity index (χ1v) is 9.30. The average Bonchev–Trinajstić information content (AvgIpc) is 2.70. The Morgan fingerprint density at radius 2 is 1.71 bits per heavy atom. The van der Waals surface area contributed by atoms with Gasteiger partial charge in [0, 0.05) is 22.2 Å². The summed E-state index contributed by atoms with van der Waals surface area (Å²) in [5.74, 6) is 0.312. The Kier molecular flexibility index (Phi) is 4.80. The van der Waals surface area contributed by atoms with Crippen LogP contribution in [-0.2, 0) is 0 Å². The average molecular weight is 388 g/mol. The van der Waals surface area contributed by atoms with Gasteiger partial charge in [-0.2, -0.15) is 0 Å². The molecule has 0 radical (unpaired) electrons. The number of rotatable bonds is 3. The van der Waals surface area contributed by atoms with Crippen molar-refractivity contribution >= 4 is 34.2 Å². The Hall–Kier alpha value is -3.24. The van der Waals surface area contributed by atoms with E-state index in [4.69, 9.17) is 16.6 Å². The van der Waals surface area contributed by atoms with Gasteiger partial charge in [-0.05, 0) is 49.2 Å². The minimum Gasteiger partial charge on any atom is -0.307 e. The Balaban J connectivity index is 1.86. The monoisotopic (exact) mass is 387 g/mol. The van der Waals surface area contributed by atoms with Crippen molar-refractivity contribution in [2.75, 3.05) is 5.32 Å². The van der Waals surface area contributed by atoms with E-state index in [2.05, 4.69) is 10.3 Å². The molecule has 0 aliphatic carbocycles. The summed E-state index contributed by atoms with van der Waals surface area (Å²) in [7, 11) is 0. The molecule has 138 valence electrons. The smallest absolute Gasteiger partial charge is 0.257 e. The summed E-state index contributed by atoms with van der Waals surface area (Å²) in [5.41, 5.74) is 4.88. The topological polar surface area (TPSA) is 54.9 Å². The molecule has 28 heavy (non-hydrogen) atoms. The number of aromatic nitrogens is 2. The van der Waals surface area contributed by atoms with Gasteiger partial charge in [-0.25, -0.2) is 9.97 Å². The molecule has 0 unspecified atom stereocenters. The predicted molar refractivity (Wildman–Crippen MR) is 114 cm³/mol. The third-order valence-electron chi connectivity index (χ3n) is 4.63. The summed E-state index contributed by atoms with van der Waals surface area (Å²) in [5, 5.41) is 4.37. The van der Waals surface area contributed by atoms with Crippen LogP contribution in [0.3, 0.4) is 0 Å². The summed E-state index contributed by atoms with van der Waals surface area (Å²) in [6, 6.07) is 18.8. The largest absolute Gasteiger partial charge is 0.307 e. The molecular weight excluding hydrogens is 370 g/mol. The van der Waals surface area contributed by atoms with E-state index < -0.39 is 0 Å². The maximum Gasteiger partial charge on any atom is 0.257 e. The van der Waals surface area contributed by atoms with E-state index in [0.717, 1.165) is 33.3 Å². The molecule has 0 fully saturated rings. The summed E-state index contributed by atoms with van der Waals surface area (Å²) in [6.07, 6.45) is 1.73. The molecular formula is C23H18ClN3O. The molecule has 0 saturated heterocycles. The van der Waals surface area contributed by atoms with E-state index in [1.54, 1.807) is 12.3 Å². The number of hydrogen-bond acceptors (Lipinski definition) is 3. The minimum absolute atomic E-state index is 0.206. The van der Waals surface area contributed by atoms with E-state index in [1.807, 2.05) is 68.4 Å². The molecule has 4 nitrogen and oxygen atoms in total. The highest BCUT2D eigenvalue weighted by atomic mass is 35.5. The number of carbonyl (C=O) groups excluding carboxylic acids is 1. The van der Waals surface area contributed by atoms with Gasteiger partial charge >= 0.3 is 0 Å². The van der Waals surface area contributed by atoms with Crippen molar-refractivity contribution in [2.24, 2.45) is 0 Å². The lowest BCUT2D eigenvalue weighted by atomic mass is 9.97. The maximum absolute atomic E-state index is 13.2. The molecule has 4 aromatic rings. The van der Waals surface area contributed by atoms with Crippen molar-refractivity contribution in [3.8, 4) is 11.3 Å². The molecule has 0 atom stereocenters. The number of pyridine rings is 2. The van der Waals surface area contributed by atoms with Crippen molar-refractivity contribution in [2.45, 2.75) is 13.8 Å². The molecule has 0 bridgehead atoms. The number of nitrogens with zero attached hydrogens (tertiary/aromatic N) is 2. The number of carbonyl (C=O) groups is 1. The van der Waals surface area contributed by atoms with Gasteiger partial charge in [-0.3, -0.25) is 4.79 Å². The number of amides is 1. The lowest BCUT2D eigenvalue weighted by Gasteiger charge is -2.14. The van der Waals surface area contributed by atoms with Crippen LogP contribution in [0.2, 0.25) is 5.02 Å². The van der Waals surface area contributed by atoms with Gasteiger partial charge in [0.2, 0.25) is 0 Å². The number of para-hydroxylation sites is 1. The molecule has 0 saturated carbocycles. The summed E-state index contributed by atoms with van der Waals surface area (Å²) >= 11 is 6.03. The fourth-order valence-corrected chi connectivity index (χ4v) is 3.34. The Bertz CT molecular complexity index is 1170. The van der Waals surface area contributed by atoms with Crippen molar-refractivity contribution in [1.82, 2.24) is 9.97 Å².